The van der Waals surface area contributed by atoms with E-state index in [1.807, 2.05) is 0 Å². The molecular formula is C19H31N3. The van der Waals surface area contributed by atoms with E-state index in [4.69, 9.17) is 0 Å². The molecule has 1 atom stereocenters. The van der Waals surface area contributed by atoms with Crippen LogP contribution in [0.4, 0.5) is 5.69 Å². The number of piperidine rings is 1. The van der Waals surface area contributed by atoms with E-state index in [0.717, 1.165) is 6.54 Å². The highest BCUT2D eigenvalue weighted by Crippen LogP contribution is 2.33. The second-order valence-corrected chi connectivity index (χ2v) is 7.28. The minimum atomic E-state index is 0.676. The van der Waals surface area contributed by atoms with Gasteiger partial charge in [0.15, 0.2) is 0 Å². The highest BCUT2D eigenvalue weighted by atomic mass is 15.2. The number of benzene rings is 1. The minimum Gasteiger partial charge on any atom is -0.374 e. The minimum absolute atomic E-state index is 0.676. The molecule has 2 aliphatic rings. The smallest absolute Gasteiger partial charge is 0.0399 e. The molecule has 122 valence electrons. The number of rotatable bonds is 4. The van der Waals surface area contributed by atoms with Gasteiger partial charge in [-0.05, 0) is 57.8 Å². The first kappa shape index (κ1) is 15.8. The van der Waals surface area contributed by atoms with Gasteiger partial charge < -0.3 is 15.1 Å². The topological polar surface area (TPSA) is 18.5 Å². The third-order valence-electron chi connectivity index (χ3n) is 5.51. The molecule has 0 bridgehead atoms. The molecule has 1 fully saturated rings. The van der Waals surface area contributed by atoms with Crippen LogP contribution in [0, 0.1) is 0 Å². The zero-order chi connectivity index (χ0) is 15.5. The Balaban J connectivity index is 1.54. The van der Waals surface area contributed by atoms with Crippen LogP contribution in [-0.4, -0.2) is 50.2 Å². The van der Waals surface area contributed by atoms with Crippen LogP contribution in [0.15, 0.2) is 24.3 Å². The number of nitrogens with one attached hydrogen (secondary N) is 1. The van der Waals surface area contributed by atoms with Gasteiger partial charge >= 0.3 is 0 Å². The fraction of sp³-hybridized carbons (Fsp3) is 0.684. The van der Waals surface area contributed by atoms with Gasteiger partial charge in [-0.1, -0.05) is 18.2 Å². The molecule has 0 amide bonds. The van der Waals surface area contributed by atoms with E-state index in [2.05, 4.69) is 60.3 Å². The predicted molar refractivity (Wildman–Crippen MR) is 94.8 cm³/mol. The van der Waals surface area contributed by atoms with Crippen molar-refractivity contribution in [3.63, 3.8) is 0 Å². The first-order chi connectivity index (χ1) is 10.6. The lowest BCUT2D eigenvalue weighted by Gasteiger charge is -2.37. The van der Waals surface area contributed by atoms with E-state index in [1.165, 1.54) is 50.1 Å². The van der Waals surface area contributed by atoms with Gasteiger partial charge in [0.25, 0.3) is 0 Å². The fourth-order valence-corrected chi connectivity index (χ4v) is 3.95. The van der Waals surface area contributed by atoms with Crippen molar-refractivity contribution < 1.29 is 0 Å². The molecule has 1 aromatic carbocycles. The molecule has 0 aromatic heterocycles. The molecule has 3 heteroatoms. The highest BCUT2D eigenvalue weighted by molar-refractivity contribution is 5.56. The maximum Gasteiger partial charge on any atom is 0.0399 e. The van der Waals surface area contributed by atoms with Crippen molar-refractivity contribution in [2.24, 2.45) is 0 Å². The Morgan fingerprint density at radius 2 is 1.82 bits per heavy atom. The van der Waals surface area contributed by atoms with Crippen LogP contribution in [0.1, 0.15) is 44.6 Å². The van der Waals surface area contributed by atoms with Crippen molar-refractivity contribution >= 4 is 5.69 Å². The first-order valence-electron chi connectivity index (χ1n) is 8.92. The van der Waals surface area contributed by atoms with Crippen molar-refractivity contribution in [3.8, 4) is 0 Å². The van der Waals surface area contributed by atoms with Crippen LogP contribution in [0.5, 0.6) is 0 Å². The monoisotopic (exact) mass is 301 g/mol. The molecule has 3 rings (SSSR count). The zero-order valence-corrected chi connectivity index (χ0v) is 14.4. The Kier molecular flexibility index (Phi) is 5.04. The summed E-state index contributed by atoms with van der Waals surface area (Å²) in [4.78, 5) is 5.00. The van der Waals surface area contributed by atoms with Gasteiger partial charge in [-0.3, -0.25) is 0 Å². The summed E-state index contributed by atoms with van der Waals surface area (Å²) >= 11 is 0. The predicted octanol–water partition coefficient (Wildman–Crippen LogP) is 3.07. The normalized spacial score (nSPS) is 23.8. The van der Waals surface area contributed by atoms with Gasteiger partial charge in [-0.2, -0.15) is 0 Å². The summed E-state index contributed by atoms with van der Waals surface area (Å²) in [6.07, 6.45) is 3.87. The van der Waals surface area contributed by atoms with E-state index in [-0.39, 0.29) is 0 Å². The molecule has 2 aliphatic heterocycles. The molecule has 22 heavy (non-hydrogen) atoms. The summed E-state index contributed by atoms with van der Waals surface area (Å²) in [5.41, 5.74) is 2.96. The number of hydrogen-bond donors (Lipinski definition) is 1. The number of para-hydroxylation sites is 1. The van der Waals surface area contributed by atoms with Crippen molar-refractivity contribution in [1.82, 2.24) is 10.2 Å². The Morgan fingerprint density at radius 3 is 2.55 bits per heavy atom. The maximum absolute atomic E-state index is 3.86. The zero-order valence-electron chi connectivity index (χ0n) is 14.4. The number of fused-ring (bicyclic) bond motifs is 1. The Labute approximate surface area is 135 Å². The van der Waals surface area contributed by atoms with Crippen LogP contribution >= 0.6 is 0 Å². The third kappa shape index (κ3) is 3.47. The molecule has 0 aliphatic carbocycles. The van der Waals surface area contributed by atoms with E-state index in [1.54, 1.807) is 0 Å². The molecule has 0 saturated carbocycles. The van der Waals surface area contributed by atoms with E-state index >= 15 is 0 Å². The van der Waals surface area contributed by atoms with Crippen LogP contribution in [0.25, 0.3) is 0 Å². The van der Waals surface area contributed by atoms with E-state index in [9.17, 15) is 0 Å². The number of anilines is 1. The molecule has 0 spiro atoms. The van der Waals surface area contributed by atoms with Crippen LogP contribution < -0.4 is 10.2 Å². The molecule has 0 radical (unpaired) electrons. The molecule has 1 N–H and O–H groups in total. The highest BCUT2D eigenvalue weighted by Gasteiger charge is 2.25. The Bertz CT molecular complexity index is 477. The lowest BCUT2D eigenvalue weighted by molar-refractivity contribution is 0.160. The van der Waals surface area contributed by atoms with Gasteiger partial charge in [0.2, 0.25) is 0 Å². The maximum atomic E-state index is 3.86. The second-order valence-electron chi connectivity index (χ2n) is 7.28. The standard InChI is InChI=1S/C19H31N3/c1-15(2)22-12-9-17(10-13-22)20-14-16-8-11-21(3)19-7-5-4-6-18(16)19/h4-7,15-17,20H,8-14H2,1-3H3/t16-/m1/s1. The summed E-state index contributed by atoms with van der Waals surface area (Å²) in [6, 6.07) is 10.3. The lowest BCUT2D eigenvalue weighted by atomic mass is 9.89. The molecule has 0 unspecified atom stereocenters. The molecule has 3 nitrogen and oxygen atoms in total. The third-order valence-corrected chi connectivity index (χ3v) is 5.51. The van der Waals surface area contributed by atoms with Gasteiger partial charge in [-0.15, -0.1) is 0 Å². The fourth-order valence-electron chi connectivity index (χ4n) is 3.95. The van der Waals surface area contributed by atoms with Crippen molar-refractivity contribution in [3.05, 3.63) is 29.8 Å². The molecule has 1 aromatic rings. The quantitative estimate of drug-likeness (QED) is 0.922. The van der Waals surface area contributed by atoms with Crippen LogP contribution in [0.2, 0.25) is 0 Å². The molecule has 2 heterocycles. The average molecular weight is 301 g/mol. The molecule has 1 saturated heterocycles. The van der Waals surface area contributed by atoms with Gasteiger partial charge in [0.1, 0.15) is 0 Å². The summed E-state index contributed by atoms with van der Waals surface area (Å²) in [5, 5.41) is 3.86. The van der Waals surface area contributed by atoms with E-state index in [0.29, 0.717) is 18.0 Å². The molecular weight excluding hydrogens is 270 g/mol. The number of hydrogen-bond acceptors (Lipinski definition) is 3. The number of likely N-dealkylation sites (tertiary alicyclic amines) is 1. The Morgan fingerprint density at radius 1 is 1.09 bits per heavy atom. The van der Waals surface area contributed by atoms with Crippen molar-refractivity contribution in [2.75, 3.05) is 38.1 Å². The average Bonchev–Trinajstić information content (AvgIpc) is 2.55. The summed E-state index contributed by atoms with van der Waals surface area (Å²) in [6.45, 7) is 9.43. The van der Waals surface area contributed by atoms with Gasteiger partial charge in [-0.25, -0.2) is 0 Å². The van der Waals surface area contributed by atoms with Gasteiger partial charge in [0, 0.05) is 43.8 Å². The lowest BCUT2D eigenvalue weighted by Crippen LogP contribution is -2.46. The van der Waals surface area contributed by atoms with Crippen LogP contribution in [0.3, 0.4) is 0 Å². The summed E-state index contributed by atoms with van der Waals surface area (Å²) in [7, 11) is 2.21. The number of nitrogens with zero attached hydrogens (tertiary/aromatic N) is 2. The van der Waals surface area contributed by atoms with E-state index < -0.39 is 0 Å². The Hall–Kier alpha value is -1.06. The summed E-state index contributed by atoms with van der Waals surface area (Å²) < 4.78 is 0. The largest absolute Gasteiger partial charge is 0.374 e. The van der Waals surface area contributed by atoms with Crippen molar-refractivity contribution in [2.45, 2.75) is 51.1 Å². The SMILES string of the molecule is CC(C)N1CCC(NC[C@H]2CCN(C)c3ccccc32)CC1. The second kappa shape index (κ2) is 7.01. The van der Waals surface area contributed by atoms with Crippen LogP contribution in [-0.2, 0) is 0 Å². The van der Waals surface area contributed by atoms with Crippen molar-refractivity contribution in [1.29, 1.82) is 0 Å². The summed E-state index contributed by atoms with van der Waals surface area (Å²) in [5.74, 6) is 0.676. The first-order valence-corrected chi connectivity index (χ1v) is 8.92. The van der Waals surface area contributed by atoms with Gasteiger partial charge in [0.05, 0.1) is 0 Å².